The maximum absolute atomic E-state index is 12.1. The number of carbonyl (C=O) groups is 1. The van der Waals surface area contributed by atoms with Gasteiger partial charge in [-0.2, -0.15) is 0 Å². The maximum Gasteiger partial charge on any atom is 0.315 e. The van der Waals surface area contributed by atoms with Gasteiger partial charge in [0.2, 0.25) is 5.95 Å². The molecule has 0 spiro atoms. The van der Waals surface area contributed by atoms with Crippen LogP contribution in [0.25, 0.3) is 0 Å². The molecule has 8 heteroatoms. The molecular weight excluding hydrogens is 318 g/mol. The molecule has 1 aliphatic heterocycles. The van der Waals surface area contributed by atoms with Gasteiger partial charge in [-0.15, -0.1) is 0 Å². The van der Waals surface area contributed by atoms with Gasteiger partial charge in [-0.25, -0.2) is 19.7 Å². The molecule has 2 aromatic heterocycles. The predicted octanol–water partition coefficient (Wildman–Crippen LogP) is 1.25. The lowest BCUT2D eigenvalue weighted by atomic mass is 10.1. The number of aromatic nitrogens is 3. The number of hydrogen-bond donors (Lipinski definition) is 3. The average molecular weight is 341 g/mol. The molecule has 2 amide bonds. The van der Waals surface area contributed by atoms with Crippen LogP contribution < -0.4 is 20.9 Å². The lowest BCUT2D eigenvalue weighted by molar-refractivity contribution is 0.235. The number of carbonyl (C=O) groups excluding carboxylic acids is 1. The van der Waals surface area contributed by atoms with Crippen molar-refractivity contribution in [2.75, 3.05) is 36.4 Å². The number of amides is 2. The normalized spacial score (nSPS) is 17.0. The minimum atomic E-state index is -0.149. The highest BCUT2D eigenvalue weighted by Gasteiger charge is 2.22. The van der Waals surface area contributed by atoms with Crippen LogP contribution in [0.5, 0.6) is 0 Å². The maximum atomic E-state index is 12.1. The molecule has 1 fully saturated rings. The molecule has 0 saturated carbocycles. The molecule has 3 rings (SSSR count). The molecule has 3 N–H and O–H groups in total. The summed E-state index contributed by atoms with van der Waals surface area (Å²) in [4.78, 5) is 26.9. The van der Waals surface area contributed by atoms with E-state index >= 15 is 0 Å². The molecule has 0 bridgehead atoms. The van der Waals surface area contributed by atoms with Crippen LogP contribution in [0.3, 0.4) is 0 Å². The minimum absolute atomic E-state index is 0.0984. The van der Waals surface area contributed by atoms with Gasteiger partial charge < -0.3 is 20.9 Å². The molecule has 0 aromatic carbocycles. The summed E-state index contributed by atoms with van der Waals surface area (Å²) in [6.45, 7) is 2.79. The van der Waals surface area contributed by atoms with Crippen molar-refractivity contribution < 1.29 is 4.79 Å². The molecule has 25 heavy (non-hydrogen) atoms. The van der Waals surface area contributed by atoms with Crippen LogP contribution in [0.1, 0.15) is 12.8 Å². The van der Waals surface area contributed by atoms with Gasteiger partial charge in [0, 0.05) is 50.8 Å². The summed E-state index contributed by atoms with van der Waals surface area (Å²) in [5.74, 6) is 1.52. The Balaban J connectivity index is 1.37. The van der Waals surface area contributed by atoms with E-state index < -0.39 is 0 Å². The van der Waals surface area contributed by atoms with Gasteiger partial charge >= 0.3 is 6.03 Å². The highest BCUT2D eigenvalue weighted by atomic mass is 16.2. The van der Waals surface area contributed by atoms with Crippen LogP contribution >= 0.6 is 0 Å². The van der Waals surface area contributed by atoms with E-state index in [0.29, 0.717) is 19.0 Å². The molecule has 1 atom stereocenters. The number of urea groups is 1. The summed E-state index contributed by atoms with van der Waals surface area (Å²) in [7, 11) is 0. The molecule has 1 aliphatic rings. The first-order valence-corrected chi connectivity index (χ1v) is 8.52. The molecule has 1 unspecified atom stereocenters. The lowest BCUT2D eigenvalue weighted by Crippen LogP contribution is -2.51. The third kappa shape index (κ3) is 5.30. The van der Waals surface area contributed by atoms with Crippen LogP contribution in [0.15, 0.2) is 42.9 Å². The van der Waals surface area contributed by atoms with Gasteiger partial charge in [0.25, 0.3) is 0 Å². The SMILES string of the molecule is O=C(NCCNc1ccccn1)NC1CCCN(c2ncccn2)C1. The van der Waals surface area contributed by atoms with E-state index in [2.05, 4.69) is 35.8 Å². The zero-order valence-electron chi connectivity index (χ0n) is 14.1. The Hall–Kier alpha value is -2.90. The Bertz CT molecular complexity index is 653. The fraction of sp³-hybridized carbons (Fsp3) is 0.412. The Morgan fingerprint density at radius 2 is 1.96 bits per heavy atom. The van der Waals surface area contributed by atoms with Crippen molar-refractivity contribution in [3.05, 3.63) is 42.9 Å². The van der Waals surface area contributed by atoms with Crippen LogP contribution in [0.4, 0.5) is 16.6 Å². The highest BCUT2D eigenvalue weighted by Crippen LogP contribution is 2.15. The van der Waals surface area contributed by atoms with Gasteiger partial charge in [-0.05, 0) is 31.0 Å². The first-order chi connectivity index (χ1) is 12.3. The van der Waals surface area contributed by atoms with Crippen molar-refractivity contribution in [3.8, 4) is 0 Å². The minimum Gasteiger partial charge on any atom is -0.368 e. The Labute approximate surface area is 147 Å². The summed E-state index contributed by atoms with van der Waals surface area (Å²) in [6, 6.07) is 7.42. The second kappa shape index (κ2) is 8.81. The molecule has 0 radical (unpaired) electrons. The van der Waals surface area contributed by atoms with Crippen LogP contribution in [-0.2, 0) is 0 Å². The van der Waals surface area contributed by atoms with Crippen LogP contribution in [0.2, 0.25) is 0 Å². The summed E-state index contributed by atoms with van der Waals surface area (Å²) >= 11 is 0. The van der Waals surface area contributed by atoms with Crippen molar-refractivity contribution >= 4 is 17.8 Å². The van der Waals surface area contributed by atoms with E-state index in [1.165, 1.54) is 0 Å². The Morgan fingerprint density at radius 1 is 1.12 bits per heavy atom. The number of nitrogens with zero attached hydrogens (tertiary/aromatic N) is 4. The van der Waals surface area contributed by atoms with Gasteiger partial charge in [-0.1, -0.05) is 6.07 Å². The molecule has 8 nitrogen and oxygen atoms in total. The van der Waals surface area contributed by atoms with E-state index in [0.717, 1.165) is 31.7 Å². The number of nitrogens with one attached hydrogen (secondary N) is 3. The van der Waals surface area contributed by atoms with Crippen molar-refractivity contribution in [2.45, 2.75) is 18.9 Å². The smallest absolute Gasteiger partial charge is 0.315 e. The number of anilines is 2. The zero-order valence-corrected chi connectivity index (χ0v) is 14.1. The summed E-state index contributed by atoms with van der Waals surface area (Å²) < 4.78 is 0. The number of pyridine rings is 1. The molecule has 3 heterocycles. The van der Waals surface area contributed by atoms with E-state index in [1.54, 1.807) is 24.7 Å². The summed E-state index contributed by atoms with van der Waals surface area (Å²) in [6.07, 6.45) is 7.17. The predicted molar refractivity (Wildman–Crippen MR) is 96.5 cm³/mol. The molecular formula is C17H23N7O. The average Bonchev–Trinajstić information content (AvgIpc) is 2.67. The van der Waals surface area contributed by atoms with E-state index in [1.807, 2.05) is 18.2 Å². The zero-order chi connectivity index (χ0) is 17.3. The van der Waals surface area contributed by atoms with E-state index in [9.17, 15) is 4.79 Å². The van der Waals surface area contributed by atoms with Gasteiger partial charge in [0.1, 0.15) is 5.82 Å². The second-order valence-electron chi connectivity index (χ2n) is 5.88. The first-order valence-electron chi connectivity index (χ1n) is 8.52. The van der Waals surface area contributed by atoms with Crippen molar-refractivity contribution in [3.63, 3.8) is 0 Å². The second-order valence-corrected chi connectivity index (χ2v) is 5.88. The fourth-order valence-corrected chi connectivity index (χ4v) is 2.80. The van der Waals surface area contributed by atoms with E-state index in [-0.39, 0.29) is 12.1 Å². The number of piperidine rings is 1. The van der Waals surface area contributed by atoms with Gasteiger partial charge in [0.15, 0.2) is 0 Å². The number of hydrogen-bond acceptors (Lipinski definition) is 6. The Morgan fingerprint density at radius 3 is 2.76 bits per heavy atom. The topological polar surface area (TPSA) is 95.1 Å². The van der Waals surface area contributed by atoms with Crippen molar-refractivity contribution in [1.29, 1.82) is 0 Å². The van der Waals surface area contributed by atoms with Crippen molar-refractivity contribution in [1.82, 2.24) is 25.6 Å². The van der Waals surface area contributed by atoms with Crippen molar-refractivity contribution in [2.24, 2.45) is 0 Å². The van der Waals surface area contributed by atoms with Gasteiger partial charge in [-0.3, -0.25) is 0 Å². The third-order valence-electron chi connectivity index (χ3n) is 3.97. The molecule has 132 valence electrons. The first kappa shape index (κ1) is 16.9. The summed E-state index contributed by atoms with van der Waals surface area (Å²) in [5, 5.41) is 9.05. The standard InChI is InChI=1S/C17H23N7O/c25-17(22-11-10-19-15-6-1-2-7-18-15)23-14-5-3-12-24(13-14)16-20-8-4-9-21-16/h1-2,4,6-9,14H,3,5,10-13H2,(H,18,19)(H2,22,23,25). The third-order valence-corrected chi connectivity index (χ3v) is 3.97. The van der Waals surface area contributed by atoms with Crippen LogP contribution in [0, 0.1) is 0 Å². The van der Waals surface area contributed by atoms with Gasteiger partial charge in [0.05, 0.1) is 0 Å². The molecule has 0 aliphatic carbocycles. The number of rotatable bonds is 6. The largest absolute Gasteiger partial charge is 0.368 e. The molecule has 1 saturated heterocycles. The summed E-state index contributed by atoms with van der Waals surface area (Å²) in [5.41, 5.74) is 0. The van der Waals surface area contributed by atoms with Crippen LogP contribution in [-0.4, -0.2) is 53.2 Å². The quantitative estimate of drug-likeness (QED) is 0.685. The Kier molecular flexibility index (Phi) is 5.97. The highest BCUT2D eigenvalue weighted by molar-refractivity contribution is 5.74. The van der Waals surface area contributed by atoms with E-state index in [4.69, 9.17) is 0 Å². The lowest BCUT2D eigenvalue weighted by Gasteiger charge is -2.33. The fourth-order valence-electron chi connectivity index (χ4n) is 2.80. The molecule has 2 aromatic rings. The monoisotopic (exact) mass is 341 g/mol.